The molecule has 3 heterocycles. The summed E-state index contributed by atoms with van der Waals surface area (Å²) in [5, 5.41) is 0. The number of fused-ring (bicyclic) bond motifs is 2. The summed E-state index contributed by atoms with van der Waals surface area (Å²) in [6, 6.07) is 10.3. The topological polar surface area (TPSA) is 91.4 Å². The molecular formula is C24H27NO7S. The minimum absolute atomic E-state index is 0.0716. The molecule has 5 rings (SSSR count). The lowest BCUT2D eigenvalue weighted by molar-refractivity contribution is -0.131. The van der Waals surface area contributed by atoms with E-state index in [1.54, 1.807) is 11.0 Å². The Morgan fingerprint density at radius 2 is 1.52 bits per heavy atom. The van der Waals surface area contributed by atoms with E-state index in [2.05, 4.69) is 0 Å². The second-order valence-corrected chi connectivity index (χ2v) is 10.5. The molecule has 0 spiro atoms. The molecule has 9 heteroatoms. The Balaban J connectivity index is 1.27. The van der Waals surface area contributed by atoms with Gasteiger partial charge in [-0.15, -0.1) is 0 Å². The first-order valence-corrected chi connectivity index (χ1v) is 13.0. The van der Waals surface area contributed by atoms with Crippen LogP contribution in [-0.4, -0.2) is 58.0 Å². The summed E-state index contributed by atoms with van der Waals surface area (Å²) in [7, 11) is -3.64. The first-order chi connectivity index (χ1) is 16.0. The van der Waals surface area contributed by atoms with E-state index in [4.69, 9.17) is 18.9 Å². The average molecular weight is 474 g/mol. The molecule has 0 radical (unpaired) electrons. The van der Waals surface area contributed by atoms with Crippen LogP contribution in [0.5, 0.6) is 23.0 Å². The van der Waals surface area contributed by atoms with E-state index in [1.807, 2.05) is 18.2 Å². The van der Waals surface area contributed by atoms with E-state index >= 15 is 0 Å². The Morgan fingerprint density at radius 1 is 0.848 bits per heavy atom. The van der Waals surface area contributed by atoms with Gasteiger partial charge in [-0.2, -0.15) is 0 Å². The van der Waals surface area contributed by atoms with Crippen molar-refractivity contribution in [3.8, 4) is 23.0 Å². The molecule has 1 fully saturated rings. The van der Waals surface area contributed by atoms with Crippen LogP contribution in [-0.2, 0) is 14.6 Å². The number of hydrogen-bond donors (Lipinski definition) is 0. The molecule has 2 aromatic rings. The molecule has 0 aromatic heterocycles. The molecular weight excluding hydrogens is 446 g/mol. The maximum absolute atomic E-state index is 13.0. The third kappa shape index (κ3) is 4.59. The molecule has 2 aromatic carbocycles. The zero-order valence-corrected chi connectivity index (χ0v) is 19.1. The smallest absolute Gasteiger partial charge is 0.224 e. The summed E-state index contributed by atoms with van der Waals surface area (Å²) in [5.41, 5.74) is 0.986. The Labute approximate surface area is 193 Å². The lowest BCUT2D eigenvalue weighted by Crippen LogP contribution is -2.31. The number of rotatable bonds is 5. The number of nitrogens with zero attached hydrogens (tertiary/aromatic N) is 1. The highest BCUT2D eigenvalue weighted by atomic mass is 32.2. The monoisotopic (exact) mass is 473 g/mol. The number of likely N-dealkylation sites (tertiary alicyclic amines) is 1. The lowest BCUT2D eigenvalue weighted by Gasteiger charge is -2.26. The van der Waals surface area contributed by atoms with Gasteiger partial charge in [0.1, 0.15) is 13.2 Å². The van der Waals surface area contributed by atoms with Gasteiger partial charge in [-0.1, -0.05) is 6.07 Å². The minimum Gasteiger partial charge on any atom is -0.490 e. The van der Waals surface area contributed by atoms with Crippen molar-refractivity contribution in [2.75, 3.05) is 38.7 Å². The molecule has 0 aliphatic carbocycles. The number of hydrogen-bond acceptors (Lipinski definition) is 7. The molecule has 1 amide bonds. The molecule has 0 saturated carbocycles. The Kier molecular flexibility index (Phi) is 6.05. The second kappa shape index (κ2) is 9.13. The first-order valence-electron chi connectivity index (χ1n) is 11.3. The van der Waals surface area contributed by atoms with Gasteiger partial charge in [0.05, 0.1) is 29.9 Å². The highest BCUT2D eigenvalue weighted by molar-refractivity contribution is 7.91. The quantitative estimate of drug-likeness (QED) is 0.659. The number of amides is 1. The molecule has 1 saturated heterocycles. The Morgan fingerprint density at radius 3 is 2.33 bits per heavy atom. The molecule has 0 N–H and O–H groups in total. The van der Waals surface area contributed by atoms with E-state index in [9.17, 15) is 13.2 Å². The van der Waals surface area contributed by atoms with Crippen LogP contribution < -0.4 is 18.9 Å². The van der Waals surface area contributed by atoms with Crippen molar-refractivity contribution in [2.24, 2.45) is 0 Å². The third-order valence-corrected chi connectivity index (χ3v) is 7.90. The number of ether oxygens (including phenoxy) is 4. The van der Waals surface area contributed by atoms with Crippen LogP contribution in [0.15, 0.2) is 41.3 Å². The maximum Gasteiger partial charge on any atom is 0.224 e. The fourth-order valence-corrected chi connectivity index (χ4v) is 5.74. The van der Waals surface area contributed by atoms with Crippen molar-refractivity contribution in [3.05, 3.63) is 42.0 Å². The number of benzene rings is 2. The lowest BCUT2D eigenvalue weighted by atomic mass is 10.0. The van der Waals surface area contributed by atoms with E-state index in [0.717, 1.165) is 30.6 Å². The summed E-state index contributed by atoms with van der Waals surface area (Å²) >= 11 is 0. The van der Waals surface area contributed by atoms with Crippen LogP contribution >= 0.6 is 0 Å². The van der Waals surface area contributed by atoms with Crippen LogP contribution in [0, 0.1) is 0 Å². The fourth-order valence-electron chi connectivity index (χ4n) is 4.50. The highest BCUT2D eigenvalue weighted by Gasteiger charge is 2.31. The van der Waals surface area contributed by atoms with Crippen molar-refractivity contribution in [3.63, 3.8) is 0 Å². The first kappa shape index (κ1) is 21.9. The molecule has 1 atom stereocenters. The van der Waals surface area contributed by atoms with Crippen molar-refractivity contribution < 1.29 is 32.2 Å². The molecule has 3 aliphatic rings. The summed E-state index contributed by atoms with van der Waals surface area (Å²) in [5.74, 6) is 1.96. The second-order valence-electron chi connectivity index (χ2n) is 8.38. The van der Waals surface area contributed by atoms with Crippen LogP contribution in [0.4, 0.5) is 0 Å². The number of carbonyl (C=O) groups excluding carboxylic acids is 1. The van der Waals surface area contributed by atoms with Crippen molar-refractivity contribution in [1.29, 1.82) is 0 Å². The summed E-state index contributed by atoms with van der Waals surface area (Å²) in [6.07, 6.45) is 2.47. The summed E-state index contributed by atoms with van der Waals surface area (Å²) in [6.45, 7) is 2.65. The van der Waals surface area contributed by atoms with Crippen molar-refractivity contribution in [1.82, 2.24) is 4.90 Å². The number of sulfone groups is 1. The largest absolute Gasteiger partial charge is 0.490 e. The normalized spacial score (nSPS) is 19.8. The van der Waals surface area contributed by atoms with Crippen LogP contribution in [0.2, 0.25) is 0 Å². The fraction of sp³-hybridized carbons (Fsp3) is 0.458. The van der Waals surface area contributed by atoms with Gasteiger partial charge in [-0.05, 0) is 42.7 Å². The van der Waals surface area contributed by atoms with Crippen LogP contribution in [0.1, 0.15) is 37.3 Å². The molecule has 1 unspecified atom stereocenters. The van der Waals surface area contributed by atoms with E-state index in [0.29, 0.717) is 50.2 Å². The van der Waals surface area contributed by atoms with Crippen LogP contribution in [0.3, 0.4) is 0 Å². The van der Waals surface area contributed by atoms with Gasteiger partial charge >= 0.3 is 0 Å². The highest BCUT2D eigenvalue weighted by Crippen LogP contribution is 2.38. The van der Waals surface area contributed by atoms with Crippen LogP contribution in [0.25, 0.3) is 0 Å². The zero-order valence-electron chi connectivity index (χ0n) is 18.3. The standard InChI is InChI=1S/C24H27NO7S/c26-24(8-14-33(27,28)18-5-7-21-23(16-18)32-13-12-31-21)25-9-1-3-19(25)17-4-6-20-22(15-17)30-11-2-10-29-20/h4-7,15-16,19H,1-3,8-14H2. The minimum atomic E-state index is -3.64. The van der Waals surface area contributed by atoms with Gasteiger partial charge in [-0.25, -0.2) is 8.42 Å². The molecule has 176 valence electrons. The SMILES string of the molecule is O=C(CCS(=O)(=O)c1ccc2c(c1)OCCO2)N1CCCC1c1ccc2c(c1)OCCCO2. The van der Waals surface area contributed by atoms with Crippen molar-refractivity contribution >= 4 is 15.7 Å². The zero-order chi connectivity index (χ0) is 22.8. The van der Waals surface area contributed by atoms with Crippen molar-refractivity contribution in [2.45, 2.75) is 36.6 Å². The van der Waals surface area contributed by atoms with Gasteiger partial charge in [0.15, 0.2) is 32.8 Å². The number of carbonyl (C=O) groups is 1. The Hall–Kier alpha value is -2.94. The Bertz CT molecular complexity index is 1150. The van der Waals surface area contributed by atoms with Gasteiger partial charge in [0.2, 0.25) is 5.91 Å². The molecule has 0 bridgehead atoms. The summed E-state index contributed by atoms with van der Waals surface area (Å²) < 4.78 is 48.2. The maximum atomic E-state index is 13.0. The van der Waals surface area contributed by atoms with Gasteiger partial charge in [0.25, 0.3) is 0 Å². The molecule has 33 heavy (non-hydrogen) atoms. The van der Waals surface area contributed by atoms with Gasteiger partial charge in [0, 0.05) is 25.5 Å². The predicted molar refractivity (Wildman–Crippen MR) is 120 cm³/mol. The van der Waals surface area contributed by atoms with Gasteiger partial charge in [-0.3, -0.25) is 4.79 Å². The summed E-state index contributed by atoms with van der Waals surface area (Å²) in [4.78, 5) is 15.0. The van der Waals surface area contributed by atoms with Gasteiger partial charge < -0.3 is 23.8 Å². The molecule has 8 nitrogen and oxygen atoms in total. The molecule has 3 aliphatic heterocycles. The predicted octanol–water partition coefficient (Wildman–Crippen LogP) is 3.15. The average Bonchev–Trinajstić information content (AvgIpc) is 3.21. The third-order valence-electron chi connectivity index (χ3n) is 6.19. The van der Waals surface area contributed by atoms with E-state index < -0.39 is 9.84 Å². The van der Waals surface area contributed by atoms with E-state index in [1.165, 1.54) is 12.1 Å². The van der Waals surface area contributed by atoms with E-state index in [-0.39, 0.29) is 29.0 Å².